The largest absolute Gasteiger partial charge is 0.354 e. The van der Waals surface area contributed by atoms with E-state index in [0.29, 0.717) is 4.75 Å². The number of alkyl halides is 1. The topological polar surface area (TPSA) is 29.1 Å². The third-order valence-corrected chi connectivity index (χ3v) is 4.73. The Morgan fingerprint density at radius 2 is 2.14 bits per heavy atom. The number of thioether (sulfide) groups is 1. The number of carbonyl (C=O) groups excluding carboxylic acids is 1. The summed E-state index contributed by atoms with van der Waals surface area (Å²) in [5.74, 6) is 0.102. The lowest BCUT2D eigenvalue weighted by Crippen LogP contribution is -2.40. The predicted molar refractivity (Wildman–Crippen MR) is 66.1 cm³/mol. The molecule has 1 fully saturated rings. The molecule has 0 heterocycles. The summed E-state index contributed by atoms with van der Waals surface area (Å²) >= 11 is 5.17. The average molecular weight is 280 g/mol. The van der Waals surface area contributed by atoms with Gasteiger partial charge in [-0.15, -0.1) is 0 Å². The van der Waals surface area contributed by atoms with E-state index < -0.39 is 0 Å². The number of hydrogen-bond donors (Lipinski definition) is 1. The van der Waals surface area contributed by atoms with Gasteiger partial charge in [0.1, 0.15) is 0 Å². The summed E-state index contributed by atoms with van der Waals surface area (Å²) in [5, 5.41) is 3.01. The van der Waals surface area contributed by atoms with Gasteiger partial charge in [0.25, 0.3) is 0 Å². The third kappa shape index (κ3) is 3.16. The van der Waals surface area contributed by atoms with Gasteiger partial charge in [-0.25, -0.2) is 0 Å². The van der Waals surface area contributed by atoms with Crippen LogP contribution in [0.15, 0.2) is 0 Å². The quantitative estimate of drug-likeness (QED) is 0.802. The number of rotatable bonds is 4. The van der Waals surface area contributed by atoms with E-state index in [2.05, 4.69) is 27.5 Å². The maximum absolute atomic E-state index is 11.4. The third-order valence-electron chi connectivity index (χ3n) is 2.89. The van der Waals surface area contributed by atoms with Crippen LogP contribution in [0.25, 0.3) is 0 Å². The highest BCUT2D eigenvalue weighted by molar-refractivity contribution is 9.10. The van der Waals surface area contributed by atoms with E-state index in [9.17, 15) is 4.79 Å². The molecular weight excluding hydrogens is 262 g/mol. The highest BCUT2D eigenvalue weighted by atomic mass is 79.9. The van der Waals surface area contributed by atoms with Gasteiger partial charge in [-0.2, -0.15) is 11.8 Å². The van der Waals surface area contributed by atoms with Gasteiger partial charge in [0.15, 0.2) is 0 Å². The maximum atomic E-state index is 11.4. The summed E-state index contributed by atoms with van der Waals surface area (Å²) in [4.78, 5) is 11.3. The van der Waals surface area contributed by atoms with Gasteiger partial charge < -0.3 is 5.32 Å². The number of hydrogen-bond acceptors (Lipinski definition) is 2. The molecule has 0 radical (unpaired) electrons. The van der Waals surface area contributed by atoms with E-state index in [1.807, 2.05) is 18.7 Å². The first-order valence-electron chi connectivity index (χ1n) is 5.06. The van der Waals surface area contributed by atoms with Crippen molar-refractivity contribution in [2.75, 3.05) is 12.8 Å². The molecule has 4 heteroatoms. The Morgan fingerprint density at radius 3 is 2.57 bits per heavy atom. The second kappa shape index (κ2) is 5.40. The highest BCUT2D eigenvalue weighted by Gasteiger charge is 2.33. The molecule has 0 aliphatic heterocycles. The van der Waals surface area contributed by atoms with Crippen molar-refractivity contribution < 1.29 is 4.79 Å². The zero-order chi connectivity index (χ0) is 10.6. The smallest absolute Gasteiger partial charge is 0.233 e. The van der Waals surface area contributed by atoms with Gasteiger partial charge in [-0.3, -0.25) is 4.79 Å². The first kappa shape index (κ1) is 12.4. The average Bonchev–Trinajstić information content (AvgIpc) is 2.63. The Labute approximate surface area is 98.7 Å². The van der Waals surface area contributed by atoms with Crippen molar-refractivity contribution in [3.05, 3.63) is 0 Å². The summed E-state index contributed by atoms with van der Waals surface area (Å²) in [5.41, 5.74) is 0. The molecule has 1 amide bonds. The van der Waals surface area contributed by atoms with Crippen molar-refractivity contribution in [1.82, 2.24) is 5.32 Å². The molecule has 14 heavy (non-hydrogen) atoms. The van der Waals surface area contributed by atoms with Gasteiger partial charge in [-0.05, 0) is 26.0 Å². The Bertz CT molecular complexity index is 202. The van der Waals surface area contributed by atoms with E-state index in [1.54, 1.807) is 0 Å². The molecule has 0 aromatic carbocycles. The van der Waals surface area contributed by atoms with Crippen molar-refractivity contribution in [2.24, 2.45) is 0 Å². The second-order valence-corrected chi connectivity index (χ2v) is 6.58. The summed E-state index contributed by atoms with van der Waals surface area (Å²) < 4.78 is 0.317. The summed E-state index contributed by atoms with van der Waals surface area (Å²) in [6.07, 6.45) is 7.24. The van der Waals surface area contributed by atoms with Crippen LogP contribution in [0.1, 0.15) is 32.6 Å². The van der Waals surface area contributed by atoms with E-state index >= 15 is 0 Å². The molecule has 0 bridgehead atoms. The van der Waals surface area contributed by atoms with Crippen molar-refractivity contribution in [3.63, 3.8) is 0 Å². The van der Waals surface area contributed by atoms with E-state index in [1.165, 1.54) is 25.7 Å². The molecule has 0 spiro atoms. The van der Waals surface area contributed by atoms with Gasteiger partial charge in [-0.1, -0.05) is 28.8 Å². The first-order valence-corrected chi connectivity index (χ1v) is 7.21. The van der Waals surface area contributed by atoms with Crippen LogP contribution in [0, 0.1) is 0 Å². The lowest BCUT2D eigenvalue weighted by molar-refractivity contribution is -0.120. The van der Waals surface area contributed by atoms with Crippen LogP contribution in [0.2, 0.25) is 0 Å². The molecule has 1 N–H and O–H groups in total. The van der Waals surface area contributed by atoms with Crippen LogP contribution in [0.4, 0.5) is 0 Å². The minimum Gasteiger partial charge on any atom is -0.354 e. The molecule has 1 aliphatic rings. The molecule has 1 atom stereocenters. The van der Waals surface area contributed by atoms with E-state index in [0.717, 1.165) is 6.54 Å². The summed E-state index contributed by atoms with van der Waals surface area (Å²) in [6, 6.07) is 0. The molecule has 82 valence electrons. The number of nitrogens with one attached hydrogen (secondary N) is 1. The fourth-order valence-corrected chi connectivity index (χ4v) is 2.94. The molecule has 1 unspecified atom stereocenters. The molecule has 1 saturated carbocycles. The minimum absolute atomic E-state index is 0.0807. The minimum atomic E-state index is -0.0807. The van der Waals surface area contributed by atoms with E-state index in [-0.39, 0.29) is 10.7 Å². The first-order chi connectivity index (χ1) is 6.59. The van der Waals surface area contributed by atoms with E-state index in [4.69, 9.17) is 0 Å². The maximum Gasteiger partial charge on any atom is 0.233 e. The number of amides is 1. The summed E-state index contributed by atoms with van der Waals surface area (Å²) in [7, 11) is 0. The number of halogens is 1. The zero-order valence-corrected chi connectivity index (χ0v) is 11.2. The van der Waals surface area contributed by atoms with Crippen LogP contribution in [0.5, 0.6) is 0 Å². The second-order valence-electron chi connectivity index (χ2n) is 3.93. The Kier molecular flexibility index (Phi) is 4.77. The predicted octanol–water partition coefficient (Wildman–Crippen LogP) is 2.56. The summed E-state index contributed by atoms with van der Waals surface area (Å²) in [6.45, 7) is 2.68. The van der Waals surface area contributed by atoms with Crippen LogP contribution in [0.3, 0.4) is 0 Å². The number of carbonyl (C=O) groups is 1. The van der Waals surface area contributed by atoms with Crippen LogP contribution < -0.4 is 5.32 Å². The Hall–Kier alpha value is 0.300. The van der Waals surface area contributed by atoms with Crippen molar-refractivity contribution in [1.29, 1.82) is 0 Å². The molecule has 1 aliphatic carbocycles. The normalized spacial score (nSPS) is 21.9. The van der Waals surface area contributed by atoms with Gasteiger partial charge in [0.2, 0.25) is 5.91 Å². The lowest BCUT2D eigenvalue weighted by Gasteiger charge is -2.27. The van der Waals surface area contributed by atoms with Gasteiger partial charge >= 0.3 is 0 Å². The Balaban J connectivity index is 2.38. The van der Waals surface area contributed by atoms with Crippen LogP contribution in [-0.4, -0.2) is 28.3 Å². The molecule has 0 aromatic rings. The highest BCUT2D eigenvalue weighted by Crippen LogP contribution is 2.39. The van der Waals surface area contributed by atoms with Crippen molar-refractivity contribution >= 4 is 33.6 Å². The molecule has 0 saturated heterocycles. The fraction of sp³-hybridized carbons (Fsp3) is 0.900. The van der Waals surface area contributed by atoms with Gasteiger partial charge in [0, 0.05) is 11.3 Å². The molecular formula is C10H18BrNOS. The molecule has 0 aromatic heterocycles. The standard InChI is InChI=1S/C10H18BrNOS/c1-8(11)9(13)12-7-10(14-2)5-3-4-6-10/h8H,3-7H2,1-2H3,(H,12,13). The van der Waals surface area contributed by atoms with Crippen molar-refractivity contribution in [3.8, 4) is 0 Å². The van der Waals surface area contributed by atoms with Crippen LogP contribution in [-0.2, 0) is 4.79 Å². The molecule has 1 rings (SSSR count). The SMILES string of the molecule is CSC1(CNC(=O)C(C)Br)CCCC1. The fourth-order valence-electron chi connectivity index (χ4n) is 1.86. The van der Waals surface area contributed by atoms with Gasteiger partial charge in [0.05, 0.1) is 4.83 Å². The lowest BCUT2D eigenvalue weighted by atomic mass is 10.1. The van der Waals surface area contributed by atoms with Crippen LogP contribution >= 0.6 is 27.7 Å². The monoisotopic (exact) mass is 279 g/mol. The molecule has 2 nitrogen and oxygen atoms in total. The Morgan fingerprint density at radius 1 is 1.57 bits per heavy atom. The van der Waals surface area contributed by atoms with Crippen molar-refractivity contribution in [2.45, 2.75) is 42.2 Å². The zero-order valence-electron chi connectivity index (χ0n) is 8.81.